The van der Waals surface area contributed by atoms with Crippen molar-refractivity contribution in [3.8, 4) is 0 Å². The summed E-state index contributed by atoms with van der Waals surface area (Å²) in [6, 6.07) is 0. The molecule has 0 saturated heterocycles. The average molecular weight is 154 g/mol. The van der Waals surface area contributed by atoms with Gasteiger partial charge in [-0.15, -0.1) is 0 Å². The summed E-state index contributed by atoms with van der Waals surface area (Å²) in [5, 5.41) is 0. The van der Waals surface area contributed by atoms with Gasteiger partial charge in [0.1, 0.15) is 0 Å². The first-order valence-corrected chi connectivity index (χ1v) is 4.77. The fraction of sp³-hybridized carbons (Fsp3) is 1.00. The lowest BCUT2D eigenvalue weighted by molar-refractivity contribution is 0.234. The van der Waals surface area contributed by atoms with Crippen LogP contribution in [0.2, 0.25) is 0 Å². The SMILES string of the molecule is NCC1C2CCC(C2)C1CN. The standard InChI is InChI=1S/C9H18N2/c10-4-8-6-1-2-7(3-6)9(8)5-11/h6-9H,1-5,10-11H2. The number of fused-ring (bicyclic) bond motifs is 2. The maximum Gasteiger partial charge on any atom is -0.00430 e. The van der Waals surface area contributed by atoms with Gasteiger partial charge in [-0.1, -0.05) is 0 Å². The van der Waals surface area contributed by atoms with Crippen LogP contribution in [-0.2, 0) is 0 Å². The van der Waals surface area contributed by atoms with Gasteiger partial charge >= 0.3 is 0 Å². The van der Waals surface area contributed by atoms with Crippen LogP contribution in [0.1, 0.15) is 19.3 Å². The predicted molar refractivity (Wildman–Crippen MR) is 45.9 cm³/mol. The Balaban J connectivity index is 2.08. The van der Waals surface area contributed by atoms with Crippen molar-refractivity contribution in [2.24, 2.45) is 35.1 Å². The van der Waals surface area contributed by atoms with E-state index >= 15 is 0 Å². The fourth-order valence-electron chi connectivity index (χ4n) is 3.26. The average Bonchev–Trinajstić information content (AvgIpc) is 2.60. The zero-order valence-electron chi connectivity index (χ0n) is 7.00. The van der Waals surface area contributed by atoms with E-state index in [1.54, 1.807) is 0 Å². The molecule has 4 N–H and O–H groups in total. The molecule has 2 bridgehead atoms. The predicted octanol–water partition coefficient (Wildman–Crippen LogP) is 0.566. The summed E-state index contributed by atoms with van der Waals surface area (Å²) in [5.74, 6) is 3.38. The zero-order chi connectivity index (χ0) is 7.84. The van der Waals surface area contributed by atoms with Crippen molar-refractivity contribution in [3.63, 3.8) is 0 Å². The Hall–Kier alpha value is -0.0800. The molecule has 2 rings (SSSR count). The molecule has 2 saturated carbocycles. The Morgan fingerprint density at radius 2 is 1.36 bits per heavy atom. The number of hydrogen-bond donors (Lipinski definition) is 2. The molecule has 64 valence electrons. The van der Waals surface area contributed by atoms with Gasteiger partial charge in [0.25, 0.3) is 0 Å². The van der Waals surface area contributed by atoms with Crippen LogP contribution in [0.3, 0.4) is 0 Å². The van der Waals surface area contributed by atoms with Gasteiger partial charge in [0.05, 0.1) is 0 Å². The first-order chi connectivity index (χ1) is 5.36. The molecule has 0 aliphatic heterocycles. The molecule has 4 unspecified atom stereocenters. The Bertz CT molecular complexity index is 130. The molecule has 2 nitrogen and oxygen atoms in total. The molecule has 11 heavy (non-hydrogen) atoms. The van der Waals surface area contributed by atoms with E-state index in [2.05, 4.69) is 0 Å². The molecule has 4 atom stereocenters. The van der Waals surface area contributed by atoms with Gasteiger partial charge in [0.15, 0.2) is 0 Å². The number of nitrogens with two attached hydrogens (primary N) is 2. The van der Waals surface area contributed by atoms with E-state index in [-0.39, 0.29) is 0 Å². The molecular weight excluding hydrogens is 136 g/mol. The molecule has 0 radical (unpaired) electrons. The third kappa shape index (κ3) is 1.00. The van der Waals surface area contributed by atoms with Crippen molar-refractivity contribution in [1.82, 2.24) is 0 Å². The van der Waals surface area contributed by atoms with Crippen molar-refractivity contribution in [3.05, 3.63) is 0 Å². The van der Waals surface area contributed by atoms with Crippen LogP contribution in [0.15, 0.2) is 0 Å². The Labute approximate surface area is 68.3 Å². The highest BCUT2D eigenvalue weighted by Gasteiger charge is 2.45. The highest BCUT2D eigenvalue weighted by atomic mass is 14.7. The van der Waals surface area contributed by atoms with E-state index in [1.807, 2.05) is 0 Å². The number of hydrogen-bond acceptors (Lipinski definition) is 2. The molecule has 2 aliphatic carbocycles. The molecule has 2 fully saturated rings. The second-order valence-electron chi connectivity index (χ2n) is 4.13. The van der Waals surface area contributed by atoms with Gasteiger partial charge in [-0.05, 0) is 56.0 Å². The fourth-order valence-corrected chi connectivity index (χ4v) is 3.26. The molecule has 0 heterocycles. The first-order valence-electron chi connectivity index (χ1n) is 4.77. The van der Waals surface area contributed by atoms with Gasteiger partial charge in [-0.25, -0.2) is 0 Å². The van der Waals surface area contributed by atoms with Crippen LogP contribution in [0.4, 0.5) is 0 Å². The van der Waals surface area contributed by atoms with Crippen LogP contribution in [-0.4, -0.2) is 13.1 Å². The van der Waals surface area contributed by atoms with Crippen molar-refractivity contribution in [2.75, 3.05) is 13.1 Å². The van der Waals surface area contributed by atoms with E-state index < -0.39 is 0 Å². The van der Waals surface area contributed by atoms with Crippen molar-refractivity contribution >= 4 is 0 Å². The Kier molecular flexibility index (Phi) is 1.90. The monoisotopic (exact) mass is 154 g/mol. The maximum atomic E-state index is 5.73. The highest BCUT2D eigenvalue weighted by Crippen LogP contribution is 2.51. The second-order valence-corrected chi connectivity index (χ2v) is 4.13. The van der Waals surface area contributed by atoms with Crippen LogP contribution in [0.25, 0.3) is 0 Å². The molecule has 0 aromatic rings. The summed E-state index contributed by atoms with van der Waals surface area (Å²) in [4.78, 5) is 0. The summed E-state index contributed by atoms with van der Waals surface area (Å²) >= 11 is 0. The largest absolute Gasteiger partial charge is 0.330 e. The lowest BCUT2D eigenvalue weighted by atomic mass is 9.79. The summed E-state index contributed by atoms with van der Waals surface area (Å²) < 4.78 is 0. The van der Waals surface area contributed by atoms with Crippen molar-refractivity contribution < 1.29 is 0 Å². The number of rotatable bonds is 2. The minimum atomic E-state index is 0.763. The maximum absolute atomic E-state index is 5.73. The minimum absolute atomic E-state index is 0.763. The third-order valence-electron chi connectivity index (χ3n) is 3.82. The summed E-state index contributed by atoms with van der Waals surface area (Å²) in [6.45, 7) is 1.73. The van der Waals surface area contributed by atoms with Gasteiger partial charge < -0.3 is 11.5 Å². The lowest BCUT2D eigenvalue weighted by Gasteiger charge is -2.28. The molecular formula is C9H18N2. The Morgan fingerprint density at radius 3 is 1.73 bits per heavy atom. The zero-order valence-corrected chi connectivity index (χ0v) is 7.00. The third-order valence-corrected chi connectivity index (χ3v) is 3.82. The van der Waals surface area contributed by atoms with E-state index in [0.29, 0.717) is 0 Å². The van der Waals surface area contributed by atoms with Gasteiger partial charge in [-0.2, -0.15) is 0 Å². The second kappa shape index (κ2) is 2.76. The van der Waals surface area contributed by atoms with Crippen molar-refractivity contribution in [1.29, 1.82) is 0 Å². The quantitative estimate of drug-likeness (QED) is 0.611. The van der Waals surface area contributed by atoms with Crippen LogP contribution in [0, 0.1) is 23.7 Å². The topological polar surface area (TPSA) is 52.0 Å². The minimum Gasteiger partial charge on any atom is -0.330 e. The smallest absolute Gasteiger partial charge is 0.00430 e. The summed E-state index contributed by atoms with van der Waals surface area (Å²) in [6.07, 6.45) is 4.26. The highest BCUT2D eigenvalue weighted by molar-refractivity contribution is 4.96. The van der Waals surface area contributed by atoms with Crippen LogP contribution < -0.4 is 11.5 Å². The van der Waals surface area contributed by atoms with Gasteiger partial charge in [0.2, 0.25) is 0 Å². The molecule has 2 aliphatic rings. The normalized spacial score (nSPS) is 48.5. The molecule has 0 aromatic heterocycles. The van der Waals surface area contributed by atoms with Crippen molar-refractivity contribution in [2.45, 2.75) is 19.3 Å². The lowest BCUT2D eigenvalue weighted by Crippen LogP contribution is -2.33. The molecule has 0 spiro atoms. The van der Waals surface area contributed by atoms with Gasteiger partial charge in [-0.3, -0.25) is 0 Å². The Morgan fingerprint density at radius 1 is 0.909 bits per heavy atom. The van der Waals surface area contributed by atoms with E-state index in [4.69, 9.17) is 11.5 Å². The molecule has 0 amide bonds. The van der Waals surface area contributed by atoms with Gasteiger partial charge in [0, 0.05) is 0 Å². The van der Waals surface area contributed by atoms with E-state index in [0.717, 1.165) is 36.8 Å². The summed E-state index contributed by atoms with van der Waals surface area (Å²) in [7, 11) is 0. The molecule has 2 heteroatoms. The molecule has 0 aromatic carbocycles. The summed E-state index contributed by atoms with van der Waals surface area (Å²) in [5.41, 5.74) is 11.5. The first kappa shape index (κ1) is 7.56. The van der Waals surface area contributed by atoms with Crippen LogP contribution >= 0.6 is 0 Å². The van der Waals surface area contributed by atoms with Crippen LogP contribution in [0.5, 0.6) is 0 Å². The van der Waals surface area contributed by atoms with E-state index in [1.165, 1.54) is 19.3 Å². The van der Waals surface area contributed by atoms with E-state index in [9.17, 15) is 0 Å².